The second kappa shape index (κ2) is 7.09. The maximum atomic E-state index is 13.5. The maximum Gasteiger partial charge on any atom is 0.321 e. The average Bonchev–Trinajstić information content (AvgIpc) is 2.87. The molecule has 0 saturated heterocycles. The molecule has 0 atom stereocenters. The minimum Gasteiger partial charge on any atom is -0.395 e. The lowest BCUT2D eigenvalue weighted by molar-refractivity contribution is 0.245. The van der Waals surface area contributed by atoms with Crippen LogP contribution in [0.1, 0.15) is 10.4 Å². The number of thiazole rings is 1. The van der Waals surface area contributed by atoms with Crippen molar-refractivity contribution in [2.75, 3.05) is 18.5 Å². The summed E-state index contributed by atoms with van der Waals surface area (Å²) in [5.41, 5.74) is 0.358. The Morgan fingerprint density at radius 3 is 2.90 bits per heavy atom. The first-order valence-corrected chi connectivity index (χ1v) is 6.94. The van der Waals surface area contributed by atoms with Gasteiger partial charge in [-0.2, -0.15) is 0 Å². The molecule has 3 N–H and O–H groups in total. The molecule has 8 heteroatoms. The van der Waals surface area contributed by atoms with Gasteiger partial charge in [0, 0.05) is 30.1 Å². The van der Waals surface area contributed by atoms with Gasteiger partial charge in [-0.15, -0.1) is 11.3 Å². The Labute approximate surface area is 123 Å². The molecule has 0 aliphatic carbocycles. The molecule has 1 aromatic carbocycles. The highest BCUT2D eigenvalue weighted by Gasteiger charge is 2.09. The minimum atomic E-state index is -0.622. The van der Waals surface area contributed by atoms with Crippen molar-refractivity contribution in [3.63, 3.8) is 0 Å². The van der Waals surface area contributed by atoms with Gasteiger partial charge in [0.05, 0.1) is 6.61 Å². The highest BCUT2D eigenvalue weighted by atomic mass is 32.1. The van der Waals surface area contributed by atoms with E-state index in [1.807, 2.05) is 0 Å². The fourth-order valence-corrected chi connectivity index (χ4v) is 2.44. The Morgan fingerprint density at radius 1 is 1.38 bits per heavy atom. The summed E-state index contributed by atoms with van der Waals surface area (Å²) in [5, 5.41) is 13.9. The van der Waals surface area contributed by atoms with Crippen molar-refractivity contribution in [1.29, 1.82) is 0 Å². The number of benzene rings is 1. The first kappa shape index (κ1) is 15.3. The SMILES string of the molecule is O=C(NCCO)Nc1ncc(Cc2ccc(F)cc2F)s1. The number of hydrogen-bond donors (Lipinski definition) is 3. The van der Waals surface area contributed by atoms with Crippen LogP contribution in [0.5, 0.6) is 0 Å². The van der Waals surface area contributed by atoms with E-state index in [4.69, 9.17) is 5.11 Å². The fraction of sp³-hybridized carbons (Fsp3) is 0.231. The number of carbonyl (C=O) groups is 1. The van der Waals surface area contributed by atoms with Crippen LogP contribution in [0.15, 0.2) is 24.4 Å². The first-order valence-electron chi connectivity index (χ1n) is 6.13. The Morgan fingerprint density at radius 2 is 2.19 bits per heavy atom. The number of anilines is 1. The van der Waals surface area contributed by atoms with Crippen molar-refractivity contribution in [3.05, 3.63) is 46.5 Å². The summed E-state index contributed by atoms with van der Waals surface area (Å²) >= 11 is 1.20. The summed E-state index contributed by atoms with van der Waals surface area (Å²) < 4.78 is 26.3. The largest absolute Gasteiger partial charge is 0.395 e. The molecular weight excluding hydrogens is 300 g/mol. The number of rotatable bonds is 5. The quantitative estimate of drug-likeness (QED) is 0.791. The standard InChI is InChI=1S/C13H13F2N3O2S/c14-9-2-1-8(11(15)6-9)5-10-7-17-13(21-10)18-12(20)16-3-4-19/h1-2,6-7,19H,3-5H2,(H2,16,17,18,20). The van der Waals surface area contributed by atoms with Gasteiger partial charge in [0.15, 0.2) is 5.13 Å². The smallest absolute Gasteiger partial charge is 0.321 e. The third-order valence-electron chi connectivity index (χ3n) is 2.55. The van der Waals surface area contributed by atoms with Crippen LogP contribution < -0.4 is 10.6 Å². The van der Waals surface area contributed by atoms with E-state index in [9.17, 15) is 13.6 Å². The summed E-state index contributed by atoms with van der Waals surface area (Å²) in [6.45, 7) is -0.00869. The molecule has 2 rings (SSSR count). The van der Waals surface area contributed by atoms with Crippen molar-refractivity contribution in [3.8, 4) is 0 Å². The zero-order valence-electron chi connectivity index (χ0n) is 10.9. The van der Waals surface area contributed by atoms with Gasteiger partial charge in [-0.25, -0.2) is 18.6 Å². The van der Waals surface area contributed by atoms with Gasteiger partial charge in [-0.1, -0.05) is 6.07 Å². The van der Waals surface area contributed by atoms with Gasteiger partial charge in [0.25, 0.3) is 0 Å². The Kier molecular flexibility index (Phi) is 5.18. The number of aliphatic hydroxyl groups is 1. The van der Waals surface area contributed by atoms with Crippen LogP contribution in [0.3, 0.4) is 0 Å². The molecule has 2 aromatic rings. The molecule has 0 spiro atoms. The lowest BCUT2D eigenvalue weighted by atomic mass is 10.1. The number of hydrogen-bond acceptors (Lipinski definition) is 4. The highest BCUT2D eigenvalue weighted by Crippen LogP contribution is 2.22. The number of carbonyl (C=O) groups excluding carboxylic acids is 1. The summed E-state index contributed by atoms with van der Waals surface area (Å²) in [6.07, 6.45) is 1.79. The molecule has 0 saturated carbocycles. The molecule has 0 unspecified atom stereocenters. The predicted octanol–water partition coefficient (Wildman–Crippen LogP) is 2.13. The van der Waals surface area contributed by atoms with Crippen LogP contribution in [-0.2, 0) is 6.42 Å². The van der Waals surface area contributed by atoms with Crippen LogP contribution in [0, 0.1) is 11.6 Å². The summed E-state index contributed by atoms with van der Waals surface area (Å²) in [5.74, 6) is -1.23. The van der Waals surface area contributed by atoms with Gasteiger partial charge >= 0.3 is 6.03 Å². The van der Waals surface area contributed by atoms with Crippen molar-refractivity contribution in [2.24, 2.45) is 0 Å². The summed E-state index contributed by atoms with van der Waals surface area (Å²) in [4.78, 5) is 16.1. The Hall–Kier alpha value is -2.06. The van der Waals surface area contributed by atoms with E-state index in [2.05, 4.69) is 15.6 Å². The molecule has 1 aromatic heterocycles. The topological polar surface area (TPSA) is 74.2 Å². The molecular formula is C13H13F2N3O2S. The van der Waals surface area contributed by atoms with Crippen LogP contribution in [0.2, 0.25) is 0 Å². The molecule has 0 radical (unpaired) electrons. The van der Waals surface area contributed by atoms with Crippen molar-refractivity contribution in [2.45, 2.75) is 6.42 Å². The Bertz CT molecular complexity index is 634. The van der Waals surface area contributed by atoms with Gasteiger partial charge in [0.2, 0.25) is 0 Å². The van der Waals surface area contributed by atoms with E-state index < -0.39 is 17.7 Å². The zero-order chi connectivity index (χ0) is 15.2. The molecule has 0 aliphatic heterocycles. The number of amides is 2. The van der Waals surface area contributed by atoms with Crippen molar-refractivity contribution in [1.82, 2.24) is 10.3 Å². The van der Waals surface area contributed by atoms with E-state index >= 15 is 0 Å². The number of urea groups is 1. The number of nitrogens with one attached hydrogen (secondary N) is 2. The molecule has 0 fully saturated rings. The molecule has 21 heavy (non-hydrogen) atoms. The van der Waals surface area contributed by atoms with Gasteiger partial charge in [0.1, 0.15) is 11.6 Å². The van der Waals surface area contributed by atoms with E-state index in [0.717, 1.165) is 10.9 Å². The van der Waals surface area contributed by atoms with Crippen LogP contribution in [-0.4, -0.2) is 29.3 Å². The summed E-state index contributed by atoms with van der Waals surface area (Å²) in [6, 6.07) is 2.93. The van der Waals surface area contributed by atoms with E-state index in [-0.39, 0.29) is 19.6 Å². The van der Waals surface area contributed by atoms with Gasteiger partial charge in [-0.3, -0.25) is 5.32 Å². The molecule has 112 valence electrons. The number of aliphatic hydroxyl groups excluding tert-OH is 1. The number of nitrogens with zero attached hydrogens (tertiary/aromatic N) is 1. The van der Waals surface area contributed by atoms with Crippen LogP contribution in [0.25, 0.3) is 0 Å². The Balaban J connectivity index is 1.98. The van der Waals surface area contributed by atoms with Crippen molar-refractivity contribution < 1.29 is 18.7 Å². The fourth-order valence-electron chi connectivity index (χ4n) is 1.61. The minimum absolute atomic E-state index is 0.144. The average molecular weight is 313 g/mol. The van der Waals surface area contributed by atoms with E-state index in [1.54, 1.807) is 0 Å². The predicted molar refractivity (Wildman–Crippen MR) is 75.4 cm³/mol. The highest BCUT2D eigenvalue weighted by molar-refractivity contribution is 7.15. The molecule has 2 amide bonds. The third kappa shape index (κ3) is 4.47. The second-order valence-electron chi connectivity index (χ2n) is 4.15. The third-order valence-corrected chi connectivity index (χ3v) is 3.46. The number of halogens is 2. The molecule has 0 aliphatic rings. The van der Waals surface area contributed by atoms with E-state index in [1.165, 1.54) is 29.7 Å². The van der Waals surface area contributed by atoms with Gasteiger partial charge in [-0.05, 0) is 11.6 Å². The first-order chi connectivity index (χ1) is 10.1. The van der Waals surface area contributed by atoms with Crippen LogP contribution >= 0.6 is 11.3 Å². The summed E-state index contributed by atoms with van der Waals surface area (Å²) in [7, 11) is 0. The van der Waals surface area contributed by atoms with Crippen LogP contribution in [0.4, 0.5) is 18.7 Å². The van der Waals surface area contributed by atoms with E-state index in [0.29, 0.717) is 10.7 Å². The van der Waals surface area contributed by atoms with Crippen molar-refractivity contribution >= 4 is 22.5 Å². The maximum absolute atomic E-state index is 13.5. The van der Waals surface area contributed by atoms with Gasteiger partial charge < -0.3 is 10.4 Å². The molecule has 0 bridgehead atoms. The monoisotopic (exact) mass is 313 g/mol. The number of aromatic nitrogens is 1. The molecule has 5 nitrogen and oxygen atoms in total. The second-order valence-corrected chi connectivity index (χ2v) is 5.26. The lowest BCUT2D eigenvalue weighted by Gasteiger charge is -2.02. The zero-order valence-corrected chi connectivity index (χ0v) is 11.7. The normalized spacial score (nSPS) is 10.4. The lowest BCUT2D eigenvalue weighted by Crippen LogP contribution is -2.30. The molecule has 1 heterocycles.